The summed E-state index contributed by atoms with van der Waals surface area (Å²) in [5.41, 5.74) is 2.36. The first-order valence-electron chi connectivity index (χ1n) is 5.93. The van der Waals surface area contributed by atoms with Crippen molar-refractivity contribution in [3.8, 4) is 6.07 Å². The van der Waals surface area contributed by atoms with Crippen molar-refractivity contribution >= 4 is 5.97 Å². The zero-order valence-electron chi connectivity index (χ0n) is 10.6. The minimum Gasteiger partial charge on any atom is -0.457 e. The number of carbonyl (C=O) groups excluding carboxylic acids is 1. The molecule has 94 valence electrons. The lowest BCUT2D eigenvalue weighted by molar-refractivity contribution is 0.0471. The molecule has 3 nitrogen and oxygen atoms in total. The predicted octanol–water partition coefficient (Wildman–Crippen LogP) is 3.22. The van der Waals surface area contributed by atoms with E-state index in [2.05, 4.69) is 0 Å². The number of ether oxygens (including phenoxy) is 1. The Labute approximate surface area is 112 Å². The van der Waals surface area contributed by atoms with Crippen LogP contribution in [0.25, 0.3) is 0 Å². The number of nitrogens with zero attached hydrogens (tertiary/aromatic N) is 1. The molecule has 0 atom stereocenters. The van der Waals surface area contributed by atoms with Gasteiger partial charge in [-0.25, -0.2) is 4.79 Å². The van der Waals surface area contributed by atoms with E-state index in [1.807, 2.05) is 36.4 Å². The summed E-state index contributed by atoms with van der Waals surface area (Å²) in [5.74, 6) is -0.460. The van der Waals surface area contributed by atoms with E-state index in [0.29, 0.717) is 11.1 Å². The third-order valence-electron chi connectivity index (χ3n) is 2.81. The summed E-state index contributed by atoms with van der Waals surface area (Å²) in [6.45, 7) is 2.00. The Kier molecular flexibility index (Phi) is 3.94. The molecule has 0 amide bonds. The summed E-state index contributed by atoms with van der Waals surface area (Å²) in [5, 5.41) is 9.02. The fourth-order valence-corrected chi connectivity index (χ4v) is 1.83. The molecule has 2 rings (SSSR count). The monoisotopic (exact) mass is 251 g/mol. The number of benzene rings is 2. The molecular weight excluding hydrogens is 238 g/mol. The third kappa shape index (κ3) is 2.99. The highest BCUT2D eigenvalue weighted by Gasteiger charge is 2.15. The normalized spacial score (nSPS) is 9.68. The predicted molar refractivity (Wildman–Crippen MR) is 71.5 cm³/mol. The van der Waals surface area contributed by atoms with Gasteiger partial charge in [0, 0.05) is 0 Å². The quantitative estimate of drug-likeness (QED) is 0.787. The van der Waals surface area contributed by atoms with Gasteiger partial charge in [-0.15, -0.1) is 0 Å². The Bertz CT molecular complexity index is 627. The first-order valence-corrected chi connectivity index (χ1v) is 5.93. The van der Waals surface area contributed by atoms with E-state index >= 15 is 0 Å². The summed E-state index contributed by atoms with van der Waals surface area (Å²) in [6.07, 6.45) is 0. The summed E-state index contributed by atoms with van der Waals surface area (Å²) < 4.78 is 5.25. The van der Waals surface area contributed by atoms with Crippen molar-refractivity contribution in [2.24, 2.45) is 0 Å². The Balaban J connectivity index is 2.15. The molecule has 0 aromatic heterocycles. The molecule has 0 aliphatic rings. The number of aryl methyl sites for hydroxylation is 1. The van der Waals surface area contributed by atoms with Crippen LogP contribution in [0.1, 0.15) is 27.0 Å². The van der Waals surface area contributed by atoms with Gasteiger partial charge in [0.25, 0.3) is 0 Å². The van der Waals surface area contributed by atoms with Crippen LogP contribution in [0.2, 0.25) is 0 Å². The molecule has 0 spiro atoms. The van der Waals surface area contributed by atoms with E-state index < -0.39 is 5.97 Å². The Hall–Kier alpha value is -2.60. The number of hydrogen-bond donors (Lipinski definition) is 0. The van der Waals surface area contributed by atoms with Crippen molar-refractivity contribution in [1.29, 1.82) is 5.26 Å². The maximum atomic E-state index is 12.0. The van der Waals surface area contributed by atoms with Crippen LogP contribution in [0.15, 0.2) is 48.5 Å². The van der Waals surface area contributed by atoms with Gasteiger partial charge < -0.3 is 4.74 Å². The smallest absolute Gasteiger partial charge is 0.340 e. The van der Waals surface area contributed by atoms with Gasteiger partial charge in [-0.3, -0.25) is 0 Å². The van der Waals surface area contributed by atoms with Crippen LogP contribution in [0.5, 0.6) is 0 Å². The van der Waals surface area contributed by atoms with E-state index in [0.717, 1.165) is 11.1 Å². The minimum absolute atomic E-state index is 0.207. The maximum Gasteiger partial charge on any atom is 0.340 e. The molecular formula is C16H13NO2. The average Bonchev–Trinajstić information content (AvgIpc) is 2.45. The van der Waals surface area contributed by atoms with Crippen LogP contribution in [-0.2, 0) is 11.3 Å². The molecule has 0 saturated heterocycles. The molecule has 3 heteroatoms. The molecule has 2 aromatic carbocycles. The van der Waals surface area contributed by atoms with Crippen molar-refractivity contribution in [3.05, 3.63) is 70.8 Å². The fourth-order valence-electron chi connectivity index (χ4n) is 1.83. The number of rotatable bonds is 3. The average molecular weight is 251 g/mol. The molecule has 0 unspecified atom stereocenters. The largest absolute Gasteiger partial charge is 0.457 e. The first kappa shape index (κ1) is 12.8. The molecule has 0 saturated carbocycles. The second kappa shape index (κ2) is 5.83. The SMILES string of the molecule is Cc1cccc(C#N)c1C(=O)OCc1ccccc1. The lowest BCUT2D eigenvalue weighted by Crippen LogP contribution is -2.09. The van der Waals surface area contributed by atoms with Gasteiger partial charge in [0.15, 0.2) is 0 Å². The Morgan fingerprint density at radius 3 is 2.58 bits per heavy atom. The second-order valence-corrected chi connectivity index (χ2v) is 4.17. The van der Waals surface area contributed by atoms with Crippen LogP contribution in [-0.4, -0.2) is 5.97 Å². The van der Waals surface area contributed by atoms with E-state index in [-0.39, 0.29) is 6.61 Å². The third-order valence-corrected chi connectivity index (χ3v) is 2.81. The van der Waals surface area contributed by atoms with Crippen molar-refractivity contribution in [2.45, 2.75) is 13.5 Å². The molecule has 0 fully saturated rings. The van der Waals surface area contributed by atoms with Crippen LogP contribution in [0, 0.1) is 18.3 Å². The molecule has 0 bridgehead atoms. The zero-order chi connectivity index (χ0) is 13.7. The lowest BCUT2D eigenvalue weighted by Gasteiger charge is -2.08. The first-order chi connectivity index (χ1) is 9.22. The van der Waals surface area contributed by atoms with Crippen molar-refractivity contribution in [3.63, 3.8) is 0 Å². The Morgan fingerprint density at radius 2 is 1.89 bits per heavy atom. The Morgan fingerprint density at radius 1 is 1.16 bits per heavy atom. The molecule has 0 aliphatic carbocycles. The van der Waals surface area contributed by atoms with Crippen LogP contribution >= 0.6 is 0 Å². The topological polar surface area (TPSA) is 50.1 Å². The number of hydrogen-bond acceptors (Lipinski definition) is 3. The van der Waals surface area contributed by atoms with Crippen molar-refractivity contribution in [2.75, 3.05) is 0 Å². The van der Waals surface area contributed by atoms with Gasteiger partial charge in [-0.1, -0.05) is 42.5 Å². The van der Waals surface area contributed by atoms with E-state index in [9.17, 15) is 4.79 Å². The fraction of sp³-hybridized carbons (Fsp3) is 0.125. The van der Waals surface area contributed by atoms with E-state index in [4.69, 9.17) is 10.00 Å². The van der Waals surface area contributed by atoms with Gasteiger partial charge in [-0.2, -0.15) is 5.26 Å². The molecule has 0 N–H and O–H groups in total. The van der Waals surface area contributed by atoms with Gasteiger partial charge in [0.1, 0.15) is 12.7 Å². The highest BCUT2D eigenvalue weighted by Crippen LogP contribution is 2.15. The summed E-state index contributed by atoms with van der Waals surface area (Å²) >= 11 is 0. The summed E-state index contributed by atoms with van der Waals surface area (Å²) in [7, 11) is 0. The van der Waals surface area contributed by atoms with Gasteiger partial charge in [-0.05, 0) is 24.1 Å². The van der Waals surface area contributed by atoms with Gasteiger partial charge in [0.2, 0.25) is 0 Å². The minimum atomic E-state index is -0.460. The summed E-state index contributed by atoms with van der Waals surface area (Å²) in [4.78, 5) is 12.0. The van der Waals surface area contributed by atoms with Gasteiger partial charge in [0.05, 0.1) is 11.1 Å². The maximum absolute atomic E-state index is 12.0. The van der Waals surface area contributed by atoms with E-state index in [1.165, 1.54) is 0 Å². The number of carbonyl (C=O) groups is 1. The van der Waals surface area contributed by atoms with Crippen LogP contribution < -0.4 is 0 Å². The molecule has 2 aromatic rings. The summed E-state index contributed by atoms with van der Waals surface area (Å²) in [6, 6.07) is 16.6. The van der Waals surface area contributed by atoms with Crippen molar-refractivity contribution < 1.29 is 9.53 Å². The highest BCUT2D eigenvalue weighted by molar-refractivity contribution is 5.93. The molecule has 0 heterocycles. The molecule has 0 aliphatic heterocycles. The molecule has 0 radical (unpaired) electrons. The van der Waals surface area contributed by atoms with Crippen molar-refractivity contribution in [1.82, 2.24) is 0 Å². The highest BCUT2D eigenvalue weighted by atomic mass is 16.5. The van der Waals surface area contributed by atoms with Crippen LogP contribution in [0.3, 0.4) is 0 Å². The lowest BCUT2D eigenvalue weighted by atomic mass is 10.0. The van der Waals surface area contributed by atoms with E-state index in [1.54, 1.807) is 25.1 Å². The number of esters is 1. The standard InChI is InChI=1S/C16H13NO2/c1-12-6-5-9-14(10-17)15(12)16(18)19-11-13-7-3-2-4-8-13/h2-9H,11H2,1H3. The zero-order valence-corrected chi connectivity index (χ0v) is 10.6. The van der Waals surface area contributed by atoms with Crippen LogP contribution in [0.4, 0.5) is 0 Å². The number of nitriles is 1. The molecule has 19 heavy (non-hydrogen) atoms. The second-order valence-electron chi connectivity index (χ2n) is 4.17. The van der Waals surface area contributed by atoms with Gasteiger partial charge >= 0.3 is 5.97 Å².